The Hall–Kier alpha value is -2.44. The normalized spacial score (nSPS) is 10.2. The van der Waals surface area contributed by atoms with E-state index in [4.69, 9.17) is 4.52 Å². The number of nitrogens with zero attached hydrogens (tertiary/aromatic N) is 3. The zero-order chi connectivity index (χ0) is 13.1. The minimum absolute atomic E-state index is 0.271. The predicted octanol–water partition coefficient (Wildman–Crippen LogP) is 1.38. The number of carbonyl (C=O) groups is 1. The zero-order valence-corrected chi connectivity index (χ0v) is 10.3. The highest BCUT2D eigenvalue weighted by Crippen LogP contribution is 2.10. The van der Waals surface area contributed by atoms with Crippen LogP contribution in [0.25, 0.3) is 0 Å². The molecular formula is C11H13N5O2. The van der Waals surface area contributed by atoms with Crippen molar-refractivity contribution in [3.8, 4) is 0 Å². The third kappa shape index (κ3) is 2.62. The molecule has 0 fully saturated rings. The van der Waals surface area contributed by atoms with Crippen molar-refractivity contribution in [1.82, 2.24) is 15.1 Å². The molecule has 2 aromatic rings. The highest BCUT2D eigenvalue weighted by Gasteiger charge is 2.12. The Labute approximate surface area is 104 Å². The minimum Gasteiger partial charge on any atom is -0.360 e. The fraction of sp³-hybridized carbons (Fsp3) is 0.273. The van der Waals surface area contributed by atoms with Crippen molar-refractivity contribution in [1.29, 1.82) is 0 Å². The minimum atomic E-state index is -0.356. The van der Waals surface area contributed by atoms with Gasteiger partial charge in [0.2, 0.25) is 5.95 Å². The Morgan fingerprint density at radius 3 is 2.67 bits per heavy atom. The lowest BCUT2D eigenvalue weighted by molar-refractivity contribution is 0.102. The number of aromatic nitrogens is 3. The van der Waals surface area contributed by atoms with Crippen molar-refractivity contribution in [3.63, 3.8) is 0 Å². The predicted molar refractivity (Wildman–Crippen MR) is 65.5 cm³/mol. The van der Waals surface area contributed by atoms with Gasteiger partial charge in [0.05, 0.1) is 0 Å². The van der Waals surface area contributed by atoms with E-state index in [1.807, 2.05) is 0 Å². The van der Waals surface area contributed by atoms with E-state index in [0.29, 0.717) is 23.2 Å². The summed E-state index contributed by atoms with van der Waals surface area (Å²) in [6.45, 7) is 3.54. The monoisotopic (exact) mass is 247 g/mol. The SMILES string of the molecule is CNc1nc(C)cc(C(=O)Nc2cc(C)on2)n1. The molecule has 0 aliphatic heterocycles. The maximum absolute atomic E-state index is 11.9. The molecule has 94 valence electrons. The molecule has 0 spiro atoms. The standard InChI is InChI=1S/C11H13N5O2/c1-6-4-8(14-11(12-3)13-6)10(17)15-9-5-7(2)18-16-9/h4-5H,1-3H3,(H,12,13,14)(H,15,16,17). The summed E-state index contributed by atoms with van der Waals surface area (Å²) in [7, 11) is 1.69. The van der Waals surface area contributed by atoms with Crippen LogP contribution in [0.3, 0.4) is 0 Å². The van der Waals surface area contributed by atoms with Crippen molar-refractivity contribution in [3.05, 3.63) is 29.3 Å². The van der Waals surface area contributed by atoms with Gasteiger partial charge in [-0.3, -0.25) is 4.79 Å². The number of amides is 1. The molecule has 0 saturated heterocycles. The molecule has 0 unspecified atom stereocenters. The van der Waals surface area contributed by atoms with Crippen LogP contribution in [0.1, 0.15) is 21.9 Å². The topological polar surface area (TPSA) is 92.9 Å². The van der Waals surface area contributed by atoms with Crippen LogP contribution in [-0.4, -0.2) is 28.1 Å². The first-order valence-corrected chi connectivity index (χ1v) is 5.36. The summed E-state index contributed by atoms with van der Waals surface area (Å²) in [4.78, 5) is 20.1. The molecule has 1 amide bonds. The Morgan fingerprint density at radius 1 is 1.28 bits per heavy atom. The van der Waals surface area contributed by atoms with E-state index in [-0.39, 0.29) is 11.6 Å². The largest absolute Gasteiger partial charge is 0.360 e. The Morgan fingerprint density at radius 2 is 2.06 bits per heavy atom. The molecule has 0 aliphatic rings. The number of hydrogen-bond acceptors (Lipinski definition) is 6. The summed E-state index contributed by atoms with van der Waals surface area (Å²) in [5, 5.41) is 9.07. The van der Waals surface area contributed by atoms with Gasteiger partial charge in [0.15, 0.2) is 5.82 Å². The molecule has 0 atom stereocenters. The second kappa shape index (κ2) is 4.82. The number of aryl methyl sites for hydroxylation is 2. The van der Waals surface area contributed by atoms with E-state index in [0.717, 1.165) is 0 Å². The second-order valence-electron chi connectivity index (χ2n) is 3.75. The summed E-state index contributed by atoms with van der Waals surface area (Å²) >= 11 is 0. The van der Waals surface area contributed by atoms with Crippen molar-refractivity contribution in [2.75, 3.05) is 17.7 Å². The van der Waals surface area contributed by atoms with Crippen LogP contribution in [0, 0.1) is 13.8 Å². The Bertz CT molecular complexity index is 579. The summed E-state index contributed by atoms with van der Waals surface area (Å²) in [5.74, 6) is 1.03. The zero-order valence-electron chi connectivity index (χ0n) is 10.3. The fourth-order valence-corrected chi connectivity index (χ4v) is 1.40. The smallest absolute Gasteiger partial charge is 0.275 e. The molecule has 2 N–H and O–H groups in total. The molecule has 18 heavy (non-hydrogen) atoms. The Kier molecular flexibility index (Phi) is 3.22. The van der Waals surface area contributed by atoms with E-state index >= 15 is 0 Å². The second-order valence-corrected chi connectivity index (χ2v) is 3.75. The third-order valence-corrected chi connectivity index (χ3v) is 2.18. The number of carbonyl (C=O) groups excluding carboxylic acids is 1. The molecule has 2 aromatic heterocycles. The van der Waals surface area contributed by atoms with Crippen LogP contribution < -0.4 is 10.6 Å². The van der Waals surface area contributed by atoms with Gasteiger partial charge in [-0.15, -0.1) is 0 Å². The lowest BCUT2D eigenvalue weighted by atomic mass is 10.3. The van der Waals surface area contributed by atoms with Gasteiger partial charge >= 0.3 is 0 Å². The van der Waals surface area contributed by atoms with Crippen LogP contribution in [0.2, 0.25) is 0 Å². The van der Waals surface area contributed by atoms with E-state index < -0.39 is 0 Å². The van der Waals surface area contributed by atoms with Gasteiger partial charge in [-0.2, -0.15) is 0 Å². The molecule has 2 rings (SSSR count). The lowest BCUT2D eigenvalue weighted by Crippen LogP contribution is -2.15. The fourth-order valence-electron chi connectivity index (χ4n) is 1.40. The average molecular weight is 247 g/mol. The number of nitrogens with one attached hydrogen (secondary N) is 2. The van der Waals surface area contributed by atoms with Crippen LogP contribution >= 0.6 is 0 Å². The maximum Gasteiger partial charge on any atom is 0.275 e. The van der Waals surface area contributed by atoms with Crippen molar-refractivity contribution >= 4 is 17.7 Å². The summed E-state index contributed by atoms with van der Waals surface area (Å²) < 4.78 is 4.86. The number of anilines is 2. The summed E-state index contributed by atoms with van der Waals surface area (Å²) in [6, 6.07) is 3.23. The molecule has 0 bridgehead atoms. The molecule has 7 heteroatoms. The molecule has 0 aromatic carbocycles. The highest BCUT2D eigenvalue weighted by atomic mass is 16.5. The van der Waals surface area contributed by atoms with Crippen molar-refractivity contribution in [2.45, 2.75) is 13.8 Å². The van der Waals surface area contributed by atoms with Crippen molar-refractivity contribution < 1.29 is 9.32 Å². The van der Waals surface area contributed by atoms with Gasteiger partial charge in [-0.1, -0.05) is 5.16 Å². The first-order chi connectivity index (χ1) is 8.58. The molecule has 7 nitrogen and oxygen atoms in total. The first kappa shape index (κ1) is 12.0. The summed E-state index contributed by atoms with van der Waals surface area (Å²) in [6.07, 6.45) is 0. The Balaban J connectivity index is 2.20. The van der Waals surface area contributed by atoms with Gasteiger partial charge in [0.25, 0.3) is 5.91 Å². The van der Waals surface area contributed by atoms with Crippen LogP contribution in [0.5, 0.6) is 0 Å². The van der Waals surface area contributed by atoms with Crippen LogP contribution in [0.15, 0.2) is 16.7 Å². The molecule has 0 aliphatic carbocycles. The van der Waals surface area contributed by atoms with Crippen molar-refractivity contribution in [2.24, 2.45) is 0 Å². The molecule has 0 saturated carbocycles. The maximum atomic E-state index is 11.9. The third-order valence-electron chi connectivity index (χ3n) is 2.18. The van der Waals surface area contributed by atoms with Gasteiger partial charge in [0.1, 0.15) is 11.5 Å². The summed E-state index contributed by atoms with van der Waals surface area (Å²) in [5.41, 5.74) is 0.975. The van der Waals surface area contributed by atoms with Gasteiger partial charge in [-0.25, -0.2) is 9.97 Å². The number of hydrogen-bond donors (Lipinski definition) is 2. The van der Waals surface area contributed by atoms with Gasteiger partial charge in [0, 0.05) is 18.8 Å². The van der Waals surface area contributed by atoms with E-state index in [9.17, 15) is 4.79 Å². The van der Waals surface area contributed by atoms with Crippen LogP contribution in [0.4, 0.5) is 11.8 Å². The number of rotatable bonds is 3. The molecule has 2 heterocycles. The highest BCUT2D eigenvalue weighted by molar-refractivity contribution is 6.02. The van der Waals surface area contributed by atoms with E-state index in [1.54, 1.807) is 33.0 Å². The lowest BCUT2D eigenvalue weighted by Gasteiger charge is -2.04. The van der Waals surface area contributed by atoms with Gasteiger partial charge in [-0.05, 0) is 19.9 Å². The van der Waals surface area contributed by atoms with E-state index in [1.165, 1.54) is 0 Å². The molecule has 0 radical (unpaired) electrons. The average Bonchev–Trinajstić information content (AvgIpc) is 2.73. The van der Waals surface area contributed by atoms with E-state index in [2.05, 4.69) is 25.8 Å². The first-order valence-electron chi connectivity index (χ1n) is 5.36. The van der Waals surface area contributed by atoms with Crippen LogP contribution in [-0.2, 0) is 0 Å². The quantitative estimate of drug-likeness (QED) is 0.851. The molecular weight excluding hydrogens is 234 g/mol. The van der Waals surface area contributed by atoms with Gasteiger partial charge < -0.3 is 15.2 Å².